The second-order valence-corrected chi connectivity index (χ2v) is 3.30. The SMILES string of the molecule is CC(=O)N1CCC2(C1)OCCO2. The number of carbonyl (C=O) groups is 1. The molecular weight excluding hydrogens is 158 g/mol. The van der Waals surface area contributed by atoms with Crippen molar-refractivity contribution >= 4 is 5.91 Å². The Labute approximate surface area is 71.4 Å². The van der Waals surface area contributed by atoms with E-state index >= 15 is 0 Å². The Morgan fingerprint density at radius 1 is 1.42 bits per heavy atom. The second-order valence-electron chi connectivity index (χ2n) is 3.30. The van der Waals surface area contributed by atoms with E-state index in [-0.39, 0.29) is 5.91 Å². The molecule has 0 saturated carbocycles. The van der Waals surface area contributed by atoms with E-state index < -0.39 is 5.79 Å². The van der Waals surface area contributed by atoms with Gasteiger partial charge in [0, 0.05) is 19.9 Å². The number of amides is 1. The summed E-state index contributed by atoms with van der Waals surface area (Å²) in [5.74, 6) is -0.350. The lowest BCUT2D eigenvalue weighted by Gasteiger charge is -2.21. The monoisotopic (exact) mass is 171 g/mol. The van der Waals surface area contributed by atoms with Gasteiger partial charge in [0.15, 0.2) is 5.79 Å². The molecule has 2 rings (SSSR count). The molecule has 0 aromatic rings. The van der Waals surface area contributed by atoms with E-state index in [4.69, 9.17) is 9.47 Å². The Balaban J connectivity index is 2.01. The number of likely N-dealkylation sites (tertiary alicyclic amines) is 1. The van der Waals surface area contributed by atoms with E-state index in [0.717, 1.165) is 13.0 Å². The van der Waals surface area contributed by atoms with Crippen LogP contribution in [0.5, 0.6) is 0 Å². The maximum atomic E-state index is 11.0. The lowest BCUT2D eigenvalue weighted by Crippen LogP contribution is -2.35. The molecule has 1 amide bonds. The van der Waals surface area contributed by atoms with Crippen molar-refractivity contribution in [3.8, 4) is 0 Å². The van der Waals surface area contributed by atoms with Gasteiger partial charge in [-0.15, -0.1) is 0 Å². The molecular formula is C8H13NO3. The molecule has 0 bridgehead atoms. The van der Waals surface area contributed by atoms with Crippen molar-refractivity contribution in [2.45, 2.75) is 19.1 Å². The first kappa shape index (κ1) is 8.01. The fourth-order valence-corrected chi connectivity index (χ4v) is 1.76. The zero-order valence-electron chi connectivity index (χ0n) is 7.21. The van der Waals surface area contributed by atoms with Crippen molar-refractivity contribution in [1.82, 2.24) is 4.90 Å². The molecule has 0 aromatic heterocycles. The Kier molecular flexibility index (Phi) is 1.81. The number of hydrogen-bond acceptors (Lipinski definition) is 3. The van der Waals surface area contributed by atoms with Gasteiger partial charge in [0.05, 0.1) is 19.8 Å². The summed E-state index contributed by atoms with van der Waals surface area (Å²) in [5, 5.41) is 0. The molecule has 0 unspecified atom stereocenters. The summed E-state index contributed by atoms with van der Waals surface area (Å²) in [6.45, 7) is 4.25. The number of rotatable bonds is 0. The van der Waals surface area contributed by atoms with Crippen LogP contribution in [0.1, 0.15) is 13.3 Å². The lowest BCUT2D eigenvalue weighted by atomic mass is 10.2. The lowest BCUT2D eigenvalue weighted by molar-refractivity contribution is -0.151. The average molecular weight is 171 g/mol. The van der Waals surface area contributed by atoms with Crippen molar-refractivity contribution in [2.75, 3.05) is 26.3 Å². The van der Waals surface area contributed by atoms with Crippen molar-refractivity contribution in [2.24, 2.45) is 0 Å². The Hall–Kier alpha value is -0.610. The second kappa shape index (κ2) is 2.71. The quantitative estimate of drug-likeness (QED) is 0.514. The Morgan fingerprint density at radius 2 is 2.08 bits per heavy atom. The molecule has 0 aliphatic carbocycles. The van der Waals surface area contributed by atoms with E-state index in [1.165, 1.54) is 0 Å². The summed E-state index contributed by atoms with van der Waals surface area (Å²) in [6.07, 6.45) is 0.812. The molecule has 0 radical (unpaired) electrons. The van der Waals surface area contributed by atoms with Crippen molar-refractivity contribution in [1.29, 1.82) is 0 Å². The van der Waals surface area contributed by atoms with Crippen LogP contribution >= 0.6 is 0 Å². The smallest absolute Gasteiger partial charge is 0.219 e. The van der Waals surface area contributed by atoms with E-state index in [2.05, 4.69) is 0 Å². The third-order valence-corrected chi connectivity index (χ3v) is 2.45. The van der Waals surface area contributed by atoms with Crippen molar-refractivity contribution < 1.29 is 14.3 Å². The van der Waals surface area contributed by atoms with E-state index in [1.807, 2.05) is 0 Å². The van der Waals surface area contributed by atoms with E-state index in [9.17, 15) is 4.79 Å². The van der Waals surface area contributed by atoms with Gasteiger partial charge in [0.1, 0.15) is 0 Å². The highest BCUT2D eigenvalue weighted by molar-refractivity contribution is 5.73. The molecule has 4 nitrogen and oxygen atoms in total. The van der Waals surface area contributed by atoms with Gasteiger partial charge >= 0.3 is 0 Å². The minimum absolute atomic E-state index is 0.103. The van der Waals surface area contributed by atoms with Crippen LogP contribution in [0, 0.1) is 0 Å². The first-order valence-corrected chi connectivity index (χ1v) is 4.25. The average Bonchev–Trinajstić information content (AvgIpc) is 2.62. The van der Waals surface area contributed by atoms with Crippen LogP contribution in [0.2, 0.25) is 0 Å². The molecule has 68 valence electrons. The van der Waals surface area contributed by atoms with Gasteiger partial charge in [-0.3, -0.25) is 4.79 Å². The van der Waals surface area contributed by atoms with Crippen LogP contribution in [-0.2, 0) is 14.3 Å². The topological polar surface area (TPSA) is 38.8 Å². The fraction of sp³-hybridized carbons (Fsp3) is 0.875. The predicted octanol–water partition coefficient (Wildman–Crippen LogP) is -0.0183. The van der Waals surface area contributed by atoms with Crippen molar-refractivity contribution in [3.63, 3.8) is 0 Å². The summed E-state index contributed by atoms with van der Waals surface area (Å²) in [6, 6.07) is 0. The van der Waals surface area contributed by atoms with E-state index in [0.29, 0.717) is 19.8 Å². The van der Waals surface area contributed by atoms with Crippen LogP contribution in [-0.4, -0.2) is 42.9 Å². The minimum Gasteiger partial charge on any atom is -0.346 e. The summed E-state index contributed by atoms with van der Waals surface area (Å²) < 4.78 is 10.9. The molecule has 2 heterocycles. The Bertz CT molecular complexity index is 198. The molecule has 0 aromatic carbocycles. The highest BCUT2D eigenvalue weighted by Gasteiger charge is 2.43. The highest BCUT2D eigenvalue weighted by Crippen LogP contribution is 2.30. The maximum Gasteiger partial charge on any atom is 0.219 e. The largest absolute Gasteiger partial charge is 0.346 e. The maximum absolute atomic E-state index is 11.0. The zero-order valence-corrected chi connectivity index (χ0v) is 7.21. The van der Waals surface area contributed by atoms with Gasteiger partial charge in [-0.2, -0.15) is 0 Å². The normalized spacial score (nSPS) is 26.9. The van der Waals surface area contributed by atoms with Gasteiger partial charge in [0.25, 0.3) is 0 Å². The van der Waals surface area contributed by atoms with Crippen LogP contribution in [0.4, 0.5) is 0 Å². The van der Waals surface area contributed by atoms with Crippen LogP contribution in [0.3, 0.4) is 0 Å². The molecule has 1 spiro atoms. The van der Waals surface area contributed by atoms with E-state index in [1.54, 1.807) is 11.8 Å². The summed E-state index contributed by atoms with van der Waals surface area (Å²) in [4.78, 5) is 12.8. The third kappa shape index (κ3) is 1.21. The number of carbonyl (C=O) groups excluding carboxylic acids is 1. The molecule has 2 aliphatic heterocycles. The molecule has 2 saturated heterocycles. The molecule has 4 heteroatoms. The van der Waals surface area contributed by atoms with Crippen LogP contribution < -0.4 is 0 Å². The van der Waals surface area contributed by atoms with Gasteiger partial charge in [0.2, 0.25) is 5.91 Å². The summed E-state index contributed by atoms with van der Waals surface area (Å²) in [7, 11) is 0. The molecule has 12 heavy (non-hydrogen) atoms. The number of hydrogen-bond donors (Lipinski definition) is 0. The molecule has 0 N–H and O–H groups in total. The highest BCUT2D eigenvalue weighted by atomic mass is 16.7. The predicted molar refractivity (Wildman–Crippen MR) is 41.5 cm³/mol. The first-order chi connectivity index (χ1) is 5.72. The molecule has 0 atom stereocenters. The van der Waals surface area contributed by atoms with Crippen LogP contribution in [0.25, 0.3) is 0 Å². The molecule has 2 fully saturated rings. The van der Waals surface area contributed by atoms with Gasteiger partial charge in [-0.1, -0.05) is 0 Å². The summed E-state index contributed by atoms with van der Waals surface area (Å²) >= 11 is 0. The summed E-state index contributed by atoms with van der Waals surface area (Å²) in [5.41, 5.74) is 0. The van der Waals surface area contributed by atoms with Gasteiger partial charge in [-0.25, -0.2) is 0 Å². The van der Waals surface area contributed by atoms with Crippen LogP contribution in [0.15, 0.2) is 0 Å². The van der Waals surface area contributed by atoms with Gasteiger partial charge < -0.3 is 14.4 Å². The van der Waals surface area contributed by atoms with Crippen molar-refractivity contribution in [3.05, 3.63) is 0 Å². The number of ether oxygens (including phenoxy) is 2. The first-order valence-electron chi connectivity index (χ1n) is 4.25. The Morgan fingerprint density at radius 3 is 2.58 bits per heavy atom. The minimum atomic E-state index is -0.453. The number of nitrogens with zero attached hydrogens (tertiary/aromatic N) is 1. The molecule has 2 aliphatic rings. The fourth-order valence-electron chi connectivity index (χ4n) is 1.76. The van der Waals surface area contributed by atoms with Gasteiger partial charge in [-0.05, 0) is 0 Å². The third-order valence-electron chi connectivity index (χ3n) is 2.45. The zero-order chi connectivity index (χ0) is 8.60. The standard InChI is InChI=1S/C8H13NO3/c1-7(10)9-3-2-8(6-9)11-4-5-12-8/h2-6H2,1H3.